The summed E-state index contributed by atoms with van der Waals surface area (Å²) in [6.07, 6.45) is 1.47. The van der Waals surface area contributed by atoms with Crippen molar-refractivity contribution in [2.45, 2.75) is 20.5 Å². The number of hydrogen-bond acceptors (Lipinski definition) is 3. The Hall–Kier alpha value is -2.36. The molecule has 0 aliphatic carbocycles. The number of carboxylic acid groups (broad SMARTS) is 1. The fourth-order valence-corrected chi connectivity index (χ4v) is 1.65. The molecule has 1 aromatic carbocycles. The molecule has 4 nitrogen and oxygen atoms in total. The molecular weight excluding hydrogens is 242 g/mol. The maximum Gasteiger partial charge on any atom is 0.354 e. The normalized spacial score (nSPS) is 10.2. The van der Waals surface area contributed by atoms with Crippen LogP contribution in [0.4, 0.5) is 0 Å². The fraction of sp³-hybridized carbons (Fsp3) is 0.200. The average molecular weight is 257 g/mol. The molecule has 2 aromatic rings. The van der Waals surface area contributed by atoms with E-state index in [4.69, 9.17) is 9.84 Å². The fourth-order valence-electron chi connectivity index (χ4n) is 1.65. The van der Waals surface area contributed by atoms with Gasteiger partial charge in [0.1, 0.15) is 18.1 Å². The molecule has 0 saturated carbocycles. The third kappa shape index (κ3) is 3.31. The Morgan fingerprint density at radius 2 is 2.00 bits per heavy atom. The van der Waals surface area contributed by atoms with Crippen molar-refractivity contribution < 1.29 is 14.6 Å². The number of pyridine rings is 1. The maximum atomic E-state index is 10.8. The SMILES string of the molecule is Cc1ccc(OCc2ccnc(C(=O)O)c2)cc1C. The van der Waals surface area contributed by atoms with Crippen LogP contribution in [0.5, 0.6) is 5.75 Å². The van der Waals surface area contributed by atoms with Crippen molar-refractivity contribution in [1.29, 1.82) is 0 Å². The zero-order valence-electron chi connectivity index (χ0n) is 10.9. The van der Waals surface area contributed by atoms with Crippen molar-refractivity contribution in [2.24, 2.45) is 0 Å². The molecule has 19 heavy (non-hydrogen) atoms. The Kier molecular flexibility index (Phi) is 3.80. The van der Waals surface area contributed by atoms with Crippen LogP contribution < -0.4 is 4.74 Å². The van der Waals surface area contributed by atoms with E-state index < -0.39 is 5.97 Å². The number of aromatic nitrogens is 1. The van der Waals surface area contributed by atoms with Gasteiger partial charge in [0.15, 0.2) is 0 Å². The first-order valence-electron chi connectivity index (χ1n) is 5.94. The summed E-state index contributed by atoms with van der Waals surface area (Å²) in [6, 6.07) is 9.13. The second-order valence-corrected chi connectivity index (χ2v) is 4.39. The highest BCUT2D eigenvalue weighted by Crippen LogP contribution is 2.17. The van der Waals surface area contributed by atoms with Crippen molar-refractivity contribution >= 4 is 5.97 Å². The van der Waals surface area contributed by atoms with E-state index in [1.165, 1.54) is 23.4 Å². The van der Waals surface area contributed by atoms with Gasteiger partial charge >= 0.3 is 5.97 Å². The van der Waals surface area contributed by atoms with Crippen LogP contribution in [0.2, 0.25) is 0 Å². The Bertz CT molecular complexity index is 608. The van der Waals surface area contributed by atoms with Crippen molar-refractivity contribution in [1.82, 2.24) is 4.98 Å². The first kappa shape index (κ1) is 13.1. The number of hydrogen-bond donors (Lipinski definition) is 1. The first-order chi connectivity index (χ1) is 9.06. The number of rotatable bonds is 4. The molecule has 0 atom stereocenters. The molecule has 1 aromatic heterocycles. The Labute approximate surface area is 111 Å². The molecule has 0 aliphatic rings. The topological polar surface area (TPSA) is 59.4 Å². The summed E-state index contributed by atoms with van der Waals surface area (Å²) in [5, 5.41) is 8.86. The summed E-state index contributed by atoms with van der Waals surface area (Å²) >= 11 is 0. The summed E-state index contributed by atoms with van der Waals surface area (Å²) in [4.78, 5) is 14.6. The lowest BCUT2D eigenvalue weighted by Crippen LogP contribution is -2.03. The predicted molar refractivity (Wildman–Crippen MR) is 71.4 cm³/mol. The first-order valence-corrected chi connectivity index (χ1v) is 5.94. The molecule has 0 radical (unpaired) electrons. The zero-order valence-corrected chi connectivity index (χ0v) is 10.9. The third-order valence-electron chi connectivity index (χ3n) is 2.93. The molecule has 4 heteroatoms. The van der Waals surface area contributed by atoms with Gasteiger partial charge in [0.2, 0.25) is 0 Å². The lowest BCUT2D eigenvalue weighted by Gasteiger charge is -2.08. The third-order valence-corrected chi connectivity index (χ3v) is 2.93. The van der Waals surface area contributed by atoms with Gasteiger partial charge in [0.05, 0.1) is 0 Å². The quantitative estimate of drug-likeness (QED) is 0.914. The van der Waals surface area contributed by atoms with Crippen LogP contribution in [-0.2, 0) is 6.61 Å². The summed E-state index contributed by atoms with van der Waals surface area (Å²) in [7, 11) is 0. The predicted octanol–water partition coefficient (Wildman–Crippen LogP) is 2.98. The summed E-state index contributed by atoms with van der Waals surface area (Å²) < 4.78 is 5.64. The van der Waals surface area contributed by atoms with Crippen molar-refractivity contribution in [2.75, 3.05) is 0 Å². The number of nitrogens with zero attached hydrogens (tertiary/aromatic N) is 1. The van der Waals surface area contributed by atoms with Gasteiger partial charge in [-0.3, -0.25) is 0 Å². The van der Waals surface area contributed by atoms with E-state index in [0.29, 0.717) is 6.61 Å². The molecule has 1 heterocycles. The molecule has 0 spiro atoms. The van der Waals surface area contributed by atoms with Crippen LogP contribution in [0.25, 0.3) is 0 Å². The van der Waals surface area contributed by atoms with Gasteiger partial charge in [-0.1, -0.05) is 6.07 Å². The molecule has 0 bridgehead atoms. The molecule has 0 aliphatic heterocycles. The monoisotopic (exact) mass is 257 g/mol. The molecule has 0 amide bonds. The summed E-state index contributed by atoms with van der Waals surface area (Å²) in [5.74, 6) is -0.259. The van der Waals surface area contributed by atoms with Crippen LogP contribution in [0.1, 0.15) is 27.2 Å². The second kappa shape index (κ2) is 5.52. The Morgan fingerprint density at radius 1 is 1.21 bits per heavy atom. The van der Waals surface area contributed by atoms with Crippen LogP contribution in [0.15, 0.2) is 36.5 Å². The van der Waals surface area contributed by atoms with E-state index in [9.17, 15) is 4.79 Å². The van der Waals surface area contributed by atoms with Crippen LogP contribution >= 0.6 is 0 Å². The van der Waals surface area contributed by atoms with E-state index in [1.807, 2.05) is 32.0 Å². The number of ether oxygens (including phenoxy) is 1. The molecule has 0 fully saturated rings. The maximum absolute atomic E-state index is 10.8. The number of aromatic carboxylic acids is 1. The minimum atomic E-state index is -1.03. The van der Waals surface area contributed by atoms with Crippen molar-refractivity contribution in [3.63, 3.8) is 0 Å². The van der Waals surface area contributed by atoms with Gasteiger partial charge in [-0.05, 0) is 54.8 Å². The van der Waals surface area contributed by atoms with Gasteiger partial charge in [-0.15, -0.1) is 0 Å². The standard InChI is InChI=1S/C15H15NO3/c1-10-3-4-13(7-11(10)2)19-9-12-5-6-16-14(8-12)15(17)18/h3-8H,9H2,1-2H3,(H,17,18). The van der Waals surface area contributed by atoms with E-state index >= 15 is 0 Å². The van der Waals surface area contributed by atoms with E-state index in [0.717, 1.165) is 11.3 Å². The number of aryl methyl sites for hydroxylation is 2. The highest BCUT2D eigenvalue weighted by atomic mass is 16.5. The smallest absolute Gasteiger partial charge is 0.354 e. The molecule has 1 N–H and O–H groups in total. The number of carbonyl (C=O) groups is 1. The number of benzene rings is 1. The molecular formula is C15H15NO3. The molecule has 98 valence electrons. The van der Waals surface area contributed by atoms with E-state index in [-0.39, 0.29) is 5.69 Å². The van der Waals surface area contributed by atoms with Crippen molar-refractivity contribution in [3.05, 3.63) is 58.9 Å². The molecule has 2 rings (SSSR count). The van der Waals surface area contributed by atoms with Gasteiger partial charge in [-0.2, -0.15) is 0 Å². The van der Waals surface area contributed by atoms with E-state index in [2.05, 4.69) is 4.98 Å². The van der Waals surface area contributed by atoms with E-state index in [1.54, 1.807) is 6.07 Å². The lowest BCUT2D eigenvalue weighted by molar-refractivity contribution is 0.0690. The second-order valence-electron chi connectivity index (χ2n) is 4.39. The van der Waals surface area contributed by atoms with Gasteiger partial charge in [0, 0.05) is 6.20 Å². The van der Waals surface area contributed by atoms with Crippen LogP contribution in [0.3, 0.4) is 0 Å². The Balaban J connectivity index is 2.07. The van der Waals surface area contributed by atoms with Gasteiger partial charge < -0.3 is 9.84 Å². The van der Waals surface area contributed by atoms with Gasteiger partial charge in [-0.25, -0.2) is 9.78 Å². The van der Waals surface area contributed by atoms with Gasteiger partial charge in [0.25, 0.3) is 0 Å². The molecule has 0 unspecified atom stereocenters. The Morgan fingerprint density at radius 3 is 2.68 bits per heavy atom. The van der Waals surface area contributed by atoms with Crippen LogP contribution in [0, 0.1) is 13.8 Å². The summed E-state index contributed by atoms with van der Waals surface area (Å²) in [6.45, 7) is 4.39. The van der Waals surface area contributed by atoms with Crippen molar-refractivity contribution in [3.8, 4) is 5.75 Å². The van der Waals surface area contributed by atoms with Crippen LogP contribution in [-0.4, -0.2) is 16.1 Å². The zero-order chi connectivity index (χ0) is 13.8. The minimum Gasteiger partial charge on any atom is -0.489 e. The highest BCUT2D eigenvalue weighted by molar-refractivity contribution is 5.85. The minimum absolute atomic E-state index is 0.0289. The summed E-state index contributed by atoms with van der Waals surface area (Å²) in [5.41, 5.74) is 3.19. The lowest BCUT2D eigenvalue weighted by atomic mass is 10.1. The average Bonchev–Trinajstić information content (AvgIpc) is 2.40. The number of carboxylic acids is 1. The molecule has 0 saturated heterocycles. The highest BCUT2D eigenvalue weighted by Gasteiger charge is 2.05. The largest absolute Gasteiger partial charge is 0.489 e.